The number of methoxy groups -OCH3 is 1. The van der Waals surface area contributed by atoms with E-state index in [1.165, 1.54) is 7.11 Å². The van der Waals surface area contributed by atoms with E-state index in [4.69, 9.17) is 26.2 Å². The number of carboxylic acids is 1. The zero-order valence-corrected chi connectivity index (χ0v) is 12.9. The minimum Gasteiger partial charge on any atom is -0.484 e. The quantitative estimate of drug-likeness (QED) is 0.797. The second kappa shape index (κ2) is 7.85. The van der Waals surface area contributed by atoms with Gasteiger partial charge in [-0.25, -0.2) is 4.79 Å². The Labute approximate surface area is 128 Å². The number of aliphatic carboxylic acids is 1. The summed E-state index contributed by atoms with van der Waals surface area (Å²) in [5, 5.41) is 11.9. The van der Waals surface area contributed by atoms with Gasteiger partial charge in [0.15, 0.2) is 12.7 Å². The lowest BCUT2D eigenvalue weighted by Gasteiger charge is -2.13. The van der Waals surface area contributed by atoms with Crippen LogP contribution in [-0.2, 0) is 14.3 Å². The number of carbonyl (C=O) groups is 2. The van der Waals surface area contributed by atoms with E-state index in [1.807, 2.05) is 13.8 Å². The minimum absolute atomic E-state index is 0.118. The van der Waals surface area contributed by atoms with Crippen LogP contribution in [0.2, 0.25) is 5.02 Å². The Hall–Kier alpha value is -1.79. The summed E-state index contributed by atoms with van der Waals surface area (Å²) in [5.41, 5.74) is 1.72. The molecule has 0 heterocycles. The average molecular weight is 316 g/mol. The number of ether oxygens (including phenoxy) is 2. The molecule has 1 atom stereocenters. The molecule has 1 amide bonds. The van der Waals surface area contributed by atoms with Crippen molar-refractivity contribution in [1.29, 1.82) is 0 Å². The number of halogens is 1. The van der Waals surface area contributed by atoms with Crippen LogP contribution >= 0.6 is 11.6 Å². The molecule has 0 aromatic heterocycles. The second-order valence-electron chi connectivity index (χ2n) is 4.53. The Morgan fingerprint density at radius 2 is 1.90 bits per heavy atom. The maximum Gasteiger partial charge on any atom is 0.334 e. The van der Waals surface area contributed by atoms with Crippen LogP contribution in [0.15, 0.2) is 12.1 Å². The third-order valence-electron chi connectivity index (χ3n) is 2.82. The third-order valence-corrected chi connectivity index (χ3v) is 3.42. The first-order valence-corrected chi connectivity index (χ1v) is 6.64. The highest BCUT2D eigenvalue weighted by atomic mass is 35.5. The Bertz CT molecular complexity index is 509. The molecule has 0 aliphatic heterocycles. The highest BCUT2D eigenvalue weighted by molar-refractivity contribution is 6.32. The van der Waals surface area contributed by atoms with Crippen LogP contribution in [0.3, 0.4) is 0 Å². The summed E-state index contributed by atoms with van der Waals surface area (Å²) in [7, 11) is 1.26. The van der Waals surface area contributed by atoms with Crippen LogP contribution in [0.5, 0.6) is 5.75 Å². The van der Waals surface area contributed by atoms with Crippen molar-refractivity contribution in [3.8, 4) is 5.75 Å². The molecule has 116 valence electrons. The molecule has 1 aromatic rings. The molecule has 0 aliphatic carbocycles. The van der Waals surface area contributed by atoms with Crippen LogP contribution in [0.25, 0.3) is 0 Å². The fraction of sp³-hybridized carbons (Fsp3) is 0.429. The summed E-state index contributed by atoms with van der Waals surface area (Å²) < 4.78 is 10.1. The Kier molecular flexibility index (Phi) is 6.45. The number of carbonyl (C=O) groups excluding carboxylic acids is 1. The van der Waals surface area contributed by atoms with Crippen LogP contribution in [0.1, 0.15) is 11.1 Å². The van der Waals surface area contributed by atoms with Crippen LogP contribution in [0.4, 0.5) is 0 Å². The standard InChI is InChI=1S/C14H18ClNO5/c1-8-4-10(5-9(2)13(8)15)21-7-12(17)16-6-11(20-3)14(18)19/h4-5,11H,6-7H2,1-3H3,(H,16,17)(H,18,19). The van der Waals surface area contributed by atoms with Gasteiger partial charge in [-0.05, 0) is 37.1 Å². The van der Waals surface area contributed by atoms with Gasteiger partial charge in [0.2, 0.25) is 0 Å². The summed E-state index contributed by atoms with van der Waals surface area (Å²) >= 11 is 6.04. The lowest BCUT2D eigenvalue weighted by molar-refractivity contribution is -0.148. The lowest BCUT2D eigenvalue weighted by Crippen LogP contribution is -2.39. The Morgan fingerprint density at radius 1 is 1.33 bits per heavy atom. The molecular formula is C14H18ClNO5. The number of rotatable bonds is 7. The highest BCUT2D eigenvalue weighted by Gasteiger charge is 2.17. The average Bonchev–Trinajstić information content (AvgIpc) is 2.42. The molecule has 1 aromatic carbocycles. The maximum absolute atomic E-state index is 11.6. The zero-order valence-electron chi connectivity index (χ0n) is 12.1. The number of amides is 1. The number of hydrogen-bond acceptors (Lipinski definition) is 4. The summed E-state index contributed by atoms with van der Waals surface area (Å²) in [6.07, 6.45) is -1.08. The van der Waals surface area contributed by atoms with E-state index in [-0.39, 0.29) is 13.2 Å². The first-order chi connectivity index (χ1) is 9.85. The summed E-state index contributed by atoms with van der Waals surface area (Å²) in [6, 6.07) is 3.47. The molecule has 0 bridgehead atoms. The second-order valence-corrected chi connectivity index (χ2v) is 4.90. The molecule has 0 saturated heterocycles. The van der Waals surface area contributed by atoms with Gasteiger partial charge in [-0.15, -0.1) is 0 Å². The van der Waals surface area contributed by atoms with Gasteiger partial charge >= 0.3 is 5.97 Å². The van der Waals surface area contributed by atoms with E-state index < -0.39 is 18.0 Å². The number of carboxylic acid groups (broad SMARTS) is 1. The van der Waals surface area contributed by atoms with Crippen molar-refractivity contribution < 1.29 is 24.2 Å². The van der Waals surface area contributed by atoms with Crippen LogP contribution in [0, 0.1) is 13.8 Å². The molecular weight excluding hydrogens is 298 g/mol. The van der Waals surface area contributed by atoms with Crippen molar-refractivity contribution in [3.05, 3.63) is 28.3 Å². The van der Waals surface area contributed by atoms with Gasteiger partial charge in [0.1, 0.15) is 5.75 Å². The van der Waals surface area contributed by atoms with Crippen molar-refractivity contribution in [2.45, 2.75) is 20.0 Å². The highest BCUT2D eigenvalue weighted by Crippen LogP contribution is 2.25. The van der Waals surface area contributed by atoms with Crippen molar-refractivity contribution >= 4 is 23.5 Å². The Morgan fingerprint density at radius 3 is 2.38 bits per heavy atom. The first-order valence-electron chi connectivity index (χ1n) is 6.27. The van der Waals surface area contributed by atoms with Crippen molar-refractivity contribution in [1.82, 2.24) is 5.32 Å². The normalized spacial score (nSPS) is 11.8. The van der Waals surface area contributed by atoms with E-state index in [1.54, 1.807) is 12.1 Å². The predicted octanol–water partition coefficient (Wildman–Crippen LogP) is 1.55. The lowest BCUT2D eigenvalue weighted by atomic mass is 10.1. The topological polar surface area (TPSA) is 84.9 Å². The van der Waals surface area contributed by atoms with E-state index in [2.05, 4.69) is 5.32 Å². The third kappa shape index (κ3) is 5.24. The monoisotopic (exact) mass is 315 g/mol. The van der Waals surface area contributed by atoms with E-state index in [9.17, 15) is 9.59 Å². The minimum atomic E-state index is -1.14. The van der Waals surface area contributed by atoms with Gasteiger partial charge in [0, 0.05) is 12.1 Å². The maximum atomic E-state index is 11.6. The largest absolute Gasteiger partial charge is 0.484 e. The molecule has 0 spiro atoms. The molecule has 2 N–H and O–H groups in total. The molecule has 0 radical (unpaired) electrons. The van der Waals surface area contributed by atoms with Gasteiger partial charge < -0.3 is 19.9 Å². The van der Waals surface area contributed by atoms with E-state index in [0.29, 0.717) is 10.8 Å². The molecule has 0 fully saturated rings. The molecule has 0 aliphatic rings. The van der Waals surface area contributed by atoms with Crippen molar-refractivity contribution in [2.75, 3.05) is 20.3 Å². The van der Waals surface area contributed by atoms with E-state index in [0.717, 1.165) is 11.1 Å². The van der Waals surface area contributed by atoms with Gasteiger partial charge in [0.25, 0.3) is 5.91 Å². The molecule has 21 heavy (non-hydrogen) atoms. The molecule has 1 rings (SSSR count). The predicted molar refractivity (Wildman–Crippen MR) is 77.9 cm³/mol. The summed E-state index contributed by atoms with van der Waals surface area (Å²) in [6.45, 7) is 3.36. The van der Waals surface area contributed by atoms with Crippen molar-refractivity contribution in [3.63, 3.8) is 0 Å². The number of nitrogens with one attached hydrogen (secondary N) is 1. The molecule has 6 nitrogen and oxygen atoms in total. The fourth-order valence-electron chi connectivity index (χ4n) is 1.67. The molecule has 7 heteroatoms. The molecule has 1 unspecified atom stereocenters. The number of hydrogen-bond donors (Lipinski definition) is 2. The number of benzene rings is 1. The summed E-state index contributed by atoms with van der Waals surface area (Å²) in [4.78, 5) is 22.3. The smallest absolute Gasteiger partial charge is 0.334 e. The zero-order chi connectivity index (χ0) is 16.0. The summed E-state index contributed by atoms with van der Waals surface area (Å²) in [5.74, 6) is -1.03. The first kappa shape index (κ1) is 17.3. The SMILES string of the molecule is COC(CNC(=O)COc1cc(C)c(Cl)c(C)c1)C(=O)O. The fourth-order valence-corrected chi connectivity index (χ4v) is 1.78. The Balaban J connectivity index is 2.48. The van der Waals surface area contributed by atoms with Crippen LogP contribution in [-0.4, -0.2) is 43.3 Å². The van der Waals surface area contributed by atoms with Crippen molar-refractivity contribution in [2.24, 2.45) is 0 Å². The van der Waals surface area contributed by atoms with Crippen LogP contribution < -0.4 is 10.1 Å². The van der Waals surface area contributed by atoms with Gasteiger partial charge in [0.05, 0.1) is 6.54 Å². The van der Waals surface area contributed by atoms with Gasteiger partial charge in [-0.1, -0.05) is 11.6 Å². The van der Waals surface area contributed by atoms with E-state index >= 15 is 0 Å². The van der Waals surface area contributed by atoms with Gasteiger partial charge in [-0.3, -0.25) is 4.79 Å². The van der Waals surface area contributed by atoms with Gasteiger partial charge in [-0.2, -0.15) is 0 Å². The number of aryl methyl sites for hydroxylation is 2. The molecule has 0 saturated carbocycles.